The molecule has 200 valence electrons. The minimum atomic E-state index is -0.829. The second kappa shape index (κ2) is 13.2. The van der Waals surface area contributed by atoms with E-state index in [4.69, 9.17) is 4.74 Å². The monoisotopic (exact) mass is 506 g/mol. The predicted molar refractivity (Wildman–Crippen MR) is 148 cm³/mol. The Bertz CT molecular complexity index is 1110. The fourth-order valence-corrected chi connectivity index (χ4v) is 5.11. The van der Waals surface area contributed by atoms with Crippen molar-refractivity contribution in [3.63, 3.8) is 0 Å². The van der Waals surface area contributed by atoms with Gasteiger partial charge in [0.15, 0.2) is 0 Å². The van der Waals surface area contributed by atoms with Crippen molar-refractivity contribution in [2.45, 2.75) is 84.5 Å². The first-order valence-electron chi connectivity index (χ1n) is 13.5. The summed E-state index contributed by atoms with van der Waals surface area (Å²) < 4.78 is 5.14. The minimum Gasteiger partial charge on any atom is -0.463 e. The van der Waals surface area contributed by atoms with Crippen molar-refractivity contribution in [2.75, 3.05) is 0 Å². The van der Waals surface area contributed by atoms with Gasteiger partial charge < -0.3 is 14.9 Å². The van der Waals surface area contributed by atoms with Gasteiger partial charge in [0.1, 0.15) is 5.78 Å². The number of aliphatic hydroxyl groups is 2. The Balaban J connectivity index is 1.54. The molecule has 4 atom stereocenters. The summed E-state index contributed by atoms with van der Waals surface area (Å²) >= 11 is 0. The van der Waals surface area contributed by atoms with Crippen molar-refractivity contribution in [1.82, 2.24) is 0 Å². The second-order valence-corrected chi connectivity index (χ2v) is 11.0. The summed E-state index contributed by atoms with van der Waals surface area (Å²) in [6.45, 7) is 7.25. The van der Waals surface area contributed by atoms with Crippen molar-refractivity contribution in [3.05, 3.63) is 72.3 Å². The zero-order chi connectivity index (χ0) is 27.0. The van der Waals surface area contributed by atoms with Gasteiger partial charge in [0.25, 0.3) is 0 Å². The zero-order valence-electron chi connectivity index (χ0n) is 22.6. The lowest BCUT2D eigenvalue weighted by atomic mass is 9.86. The number of allylic oxidation sites excluding steroid dienone is 2. The first-order chi connectivity index (χ1) is 17.6. The number of aryl methyl sites for hydroxylation is 1. The lowest BCUT2D eigenvalue weighted by Crippen LogP contribution is -2.31. The van der Waals surface area contributed by atoms with Crippen LogP contribution in [0.2, 0.25) is 0 Å². The van der Waals surface area contributed by atoms with Crippen molar-refractivity contribution in [2.24, 2.45) is 17.3 Å². The number of aliphatic hydroxyl groups excluding tert-OH is 2. The van der Waals surface area contributed by atoms with Gasteiger partial charge in [0, 0.05) is 18.3 Å². The molecular weight excluding hydrogens is 464 g/mol. The van der Waals surface area contributed by atoms with E-state index in [1.54, 1.807) is 19.9 Å². The summed E-state index contributed by atoms with van der Waals surface area (Å²) in [6.07, 6.45) is 9.62. The summed E-state index contributed by atoms with van der Waals surface area (Å²) in [6, 6.07) is 14.6. The van der Waals surface area contributed by atoms with E-state index in [0.717, 1.165) is 12.8 Å². The number of benzene rings is 2. The Labute approximate surface area is 221 Å². The van der Waals surface area contributed by atoms with Crippen molar-refractivity contribution in [1.29, 1.82) is 0 Å². The van der Waals surface area contributed by atoms with Gasteiger partial charge in [-0.25, -0.2) is 0 Å². The number of Topliss-reactive ketones (excluding diaryl/α,β-unsaturated/α-hetero) is 1. The quantitative estimate of drug-likeness (QED) is 0.211. The number of hydrogen-bond donors (Lipinski definition) is 2. The first kappa shape index (κ1) is 28.8. The Morgan fingerprint density at radius 2 is 1.84 bits per heavy atom. The number of carbonyl (C=O) groups is 2. The van der Waals surface area contributed by atoms with Gasteiger partial charge in [-0.05, 0) is 62.3 Å². The number of esters is 1. The molecular formula is C32H42O5. The average Bonchev–Trinajstić information content (AvgIpc) is 3.02. The zero-order valence-corrected chi connectivity index (χ0v) is 22.6. The van der Waals surface area contributed by atoms with E-state index in [-0.39, 0.29) is 29.7 Å². The highest BCUT2D eigenvalue weighted by Crippen LogP contribution is 2.44. The van der Waals surface area contributed by atoms with E-state index in [1.807, 2.05) is 44.2 Å². The van der Waals surface area contributed by atoms with E-state index in [0.29, 0.717) is 25.7 Å². The molecule has 3 rings (SSSR count). The van der Waals surface area contributed by atoms with Crippen LogP contribution >= 0.6 is 0 Å². The number of carbonyl (C=O) groups excluding carboxylic acids is 2. The van der Waals surface area contributed by atoms with Crippen LogP contribution in [0.1, 0.15) is 65.4 Å². The van der Waals surface area contributed by atoms with Gasteiger partial charge in [-0.1, -0.05) is 80.6 Å². The van der Waals surface area contributed by atoms with E-state index in [1.165, 1.54) is 16.3 Å². The maximum absolute atomic E-state index is 13.1. The summed E-state index contributed by atoms with van der Waals surface area (Å²) in [5.74, 6) is -0.825. The van der Waals surface area contributed by atoms with Crippen LogP contribution in [-0.2, 0) is 20.7 Å². The highest BCUT2D eigenvalue weighted by Gasteiger charge is 2.52. The van der Waals surface area contributed by atoms with Crippen molar-refractivity contribution < 1.29 is 24.5 Å². The maximum Gasteiger partial charge on any atom is 0.306 e. The molecule has 0 radical (unpaired) electrons. The Morgan fingerprint density at radius 3 is 2.57 bits per heavy atom. The van der Waals surface area contributed by atoms with Crippen molar-refractivity contribution in [3.8, 4) is 0 Å². The number of fused-ring (bicyclic) bond motifs is 1. The Kier molecular flexibility index (Phi) is 10.2. The van der Waals surface area contributed by atoms with Gasteiger partial charge in [-0.2, -0.15) is 0 Å². The summed E-state index contributed by atoms with van der Waals surface area (Å²) in [7, 11) is 0. The third-order valence-electron chi connectivity index (χ3n) is 7.31. The molecule has 0 aromatic heterocycles. The maximum atomic E-state index is 13.1. The number of hydrogen-bond acceptors (Lipinski definition) is 5. The van der Waals surface area contributed by atoms with Crippen LogP contribution < -0.4 is 0 Å². The van der Waals surface area contributed by atoms with Crippen LogP contribution in [-0.4, -0.2) is 40.3 Å². The molecule has 1 fully saturated rings. The van der Waals surface area contributed by atoms with Gasteiger partial charge in [0.05, 0.1) is 23.7 Å². The predicted octanol–water partition coefficient (Wildman–Crippen LogP) is 5.96. The molecule has 1 aliphatic carbocycles. The molecule has 0 amide bonds. The lowest BCUT2D eigenvalue weighted by Gasteiger charge is -2.22. The van der Waals surface area contributed by atoms with Crippen LogP contribution in [0.15, 0.2) is 66.8 Å². The van der Waals surface area contributed by atoms with Crippen LogP contribution in [0.25, 0.3) is 10.8 Å². The molecule has 0 bridgehead atoms. The molecule has 2 N–H and O–H groups in total. The van der Waals surface area contributed by atoms with Crippen molar-refractivity contribution >= 4 is 22.5 Å². The van der Waals surface area contributed by atoms with Crippen LogP contribution in [0.3, 0.4) is 0 Å². The molecule has 1 saturated carbocycles. The molecule has 1 unspecified atom stereocenters. The van der Waals surface area contributed by atoms with Crippen LogP contribution in [0.4, 0.5) is 0 Å². The smallest absolute Gasteiger partial charge is 0.306 e. The SMILES string of the molecule is CC(C)OC(=O)CCCC=CC[C@H]1C(=O)C(C)(C)[C@@H](O)[C@@H]1C=CC(O)CCc1ccc2ccccc2c1. The molecule has 2 aromatic carbocycles. The van der Waals surface area contributed by atoms with Gasteiger partial charge in [0.2, 0.25) is 0 Å². The summed E-state index contributed by atoms with van der Waals surface area (Å²) in [5.41, 5.74) is 0.341. The largest absolute Gasteiger partial charge is 0.463 e. The Hall–Kier alpha value is -2.76. The molecule has 5 nitrogen and oxygen atoms in total. The summed E-state index contributed by atoms with van der Waals surface area (Å²) in [4.78, 5) is 24.7. The highest BCUT2D eigenvalue weighted by atomic mass is 16.5. The topological polar surface area (TPSA) is 83.8 Å². The standard InChI is InChI=1S/C32H42O5/c1-22(2)37-29(34)14-8-6-5-7-13-27-28(31(36)32(3,4)30(27)35)20-19-26(33)18-16-23-15-17-24-11-9-10-12-25(24)21-23/h5,7,9-12,15,17,19-22,26-28,31,33,36H,6,8,13-14,16,18H2,1-4H3/t26?,27-,28-,31+/m1/s1. The van der Waals surface area contributed by atoms with Crippen LogP contribution in [0, 0.1) is 17.3 Å². The van der Waals surface area contributed by atoms with Gasteiger partial charge >= 0.3 is 5.97 Å². The third kappa shape index (κ3) is 7.86. The lowest BCUT2D eigenvalue weighted by molar-refractivity contribution is -0.147. The van der Waals surface area contributed by atoms with E-state index >= 15 is 0 Å². The average molecular weight is 507 g/mol. The molecule has 0 heterocycles. The number of ether oxygens (including phenoxy) is 1. The normalized spacial score (nSPS) is 22.5. The number of ketones is 1. The fourth-order valence-electron chi connectivity index (χ4n) is 5.11. The fraction of sp³-hybridized carbons (Fsp3) is 0.500. The van der Waals surface area contributed by atoms with Gasteiger partial charge in [-0.15, -0.1) is 0 Å². The number of rotatable bonds is 12. The van der Waals surface area contributed by atoms with E-state index in [9.17, 15) is 19.8 Å². The molecule has 5 heteroatoms. The molecule has 0 spiro atoms. The number of unbranched alkanes of at least 4 members (excludes halogenated alkanes) is 1. The Morgan fingerprint density at radius 1 is 1.11 bits per heavy atom. The molecule has 0 aliphatic heterocycles. The second-order valence-electron chi connectivity index (χ2n) is 11.0. The molecule has 1 aliphatic rings. The first-order valence-corrected chi connectivity index (χ1v) is 13.5. The molecule has 37 heavy (non-hydrogen) atoms. The summed E-state index contributed by atoms with van der Waals surface area (Å²) in [5, 5.41) is 23.9. The molecule has 2 aromatic rings. The minimum absolute atomic E-state index is 0.0467. The highest BCUT2D eigenvalue weighted by molar-refractivity contribution is 5.90. The third-order valence-corrected chi connectivity index (χ3v) is 7.31. The van der Waals surface area contributed by atoms with E-state index < -0.39 is 17.6 Å². The van der Waals surface area contributed by atoms with Gasteiger partial charge in [-0.3, -0.25) is 9.59 Å². The van der Waals surface area contributed by atoms with E-state index in [2.05, 4.69) is 30.3 Å². The molecule has 0 saturated heterocycles. The van der Waals surface area contributed by atoms with Crippen LogP contribution in [0.5, 0.6) is 0 Å².